The van der Waals surface area contributed by atoms with E-state index in [4.69, 9.17) is 0 Å². The Labute approximate surface area is 228 Å². The van der Waals surface area contributed by atoms with E-state index < -0.39 is 0 Å². The van der Waals surface area contributed by atoms with Gasteiger partial charge in [-0.15, -0.1) is 40.5 Å². The van der Waals surface area contributed by atoms with Gasteiger partial charge in [-0.2, -0.15) is 17.2 Å². The fraction of sp³-hybridized carbons (Fsp3) is 0. The fourth-order valence-electron chi connectivity index (χ4n) is 5.55. The van der Waals surface area contributed by atoms with E-state index in [0.717, 1.165) is 33.9 Å². The van der Waals surface area contributed by atoms with Gasteiger partial charge in [0.2, 0.25) is 0 Å². The minimum atomic E-state index is -0.0104. The molecule has 0 radical (unpaired) electrons. The first-order valence-corrected chi connectivity index (χ1v) is 11.8. The number of fused-ring (bicyclic) bond motifs is 11. The molecule has 176 valence electrons. The van der Waals surface area contributed by atoms with Crippen LogP contribution in [0.15, 0.2) is 104 Å². The summed E-state index contributed by atoms with van der Waals surface area (Å²) in [5, 5.41) is 12.7. The Balaban J connectivity index is 0.00000231. The predicted octanol–water partition coefficient (Wildman–Crippen LogP) is 3.96. The molecule has 2 aliphatic heterocycles. The number of aromatic nitrogens is 5. The average Bonchev–Trinajstić information content (AvgIpc) is 3.67. The van der Waals surface area contributed by atoms with Gasteiger partial charge in [0, 0.05) is 18.6 Å². The molecule has 0 atom stereocenters. The largest absolute Gasteiger partial charge is 2.00 e. The molecule has 37 heavy (non-hydrogen) atoms. The van der Waals surface area contributed by atoms with Crippen LogP contribution in [0.3, 0.4) is 0 Å². The Morgan fingerprint density at radius 2 is 1.22 bits per heavy atom. The van der Waals surface area contributed by atoms with Crippen LogP contribution in [0.25, 0.3) is 33.6 Å². The van der Waals surface area contributed by atoms with Crippen LogP contribution in [0.5, 0.6) is 0 Å². The summed E-state index contributed by atoms with van der Waals surface area (Å²) in [7, 11) is 0. The van der Waals surface area contributed by atoms with Crippen LogP contribution in [0.4, 0.5) is 11.4 Å². The molecule has 6 nitrogen and oxygen atoms in total. The number of benzene rings is 4. The van der Waals surface area contributed by atoms with Gasteiger partial charge in [-0.1, -0.05) is 87.2 Å². The van der Waals surface area contributed by atoms with Crippen molar-refractivity contribution in [2.75, 3.05) is 4.81 Å². The van der Waals surface area contributed by atoms with Crippen LogP contribution < -0.4 is 15.7 Å². The molecule has 0 N–H and O–H groups in total. The maximum absolute atomic E-state index is 4.45. The molecule has 4 heterocycles. The first-order valence-electron chi connectivity index (χ1n) is 11.8. The molecule has 0 unspecified atom stereocenters. The average molecular weight is 655 g/mol. The molecule has 0 aliphatic carbocycles. The van der Waals surface area contributed by atoms with Crippen LogP contribution in [0, 0.1) is 12.1 Å². The van der Waals surface area contributed by atoms with E-state index in [0.29, 0.717) is 0 Å². The van der Waals surface area contributed by atoms with Crippen LogP contribution in [0.1, 0.15) is 0 Å². The molecule has 0 fully saturated rings. The van der Waals surface area contributed by atoms with Crippen molar-refractivity contribution in [3.63, 3.8) is 0 Å². The maximum Gasteiger partial charge on any atom is 2.00 e. The molecule has 0 spiro atoms. The molecule has 8 heteroatoms. The molecular formula is C29H17BN6Pt. The molecule has 4 aromatic carbocycles. The monoisotopic (exact) mass is 655 g/mol. The van der Waals surface area contributed by atoms with Crippen LogP contribution in [-0.4, -0.2) is 31.6 Å². The molecule has 0 amide bonds. The van der Waals surface area contributed by atoms with Crippen molar-refractivity contribution in [3.8, 4) is 33.6 Å². The van der Waals surface area contributed by atoms with E-state index in [1.165, 1.54) is 22.1 Å². The van der Waals surface area contributed by atoms with E-state index in [9.17, 15) is 0 Å². The number of hydrogen-bond acceptors (Lipinski definition) is 4. The molecule has 0 bridgehead atoms. The fourth-order valence-corrected chi connectivity index (χ4v) is 5.55. The number of hydrogen-bond donors (Lipinski definition) is 0. The van der Waals surface area contributed by atoms with Crippen molar-refractivity contribution in [2.24, 2.45) is 0 Å². The summed E-state index contributed by atoms with van der Waals surface area (Å²) in [5.74, 6) is 0. The van der Waals surface area contributed by atoms with Crippen molar-refractivity contribution >= 4 is 29.1 Å². The second-order valence-corrected chi connectivity index (χ2v) is 8.96. The molecule has 2 aliphatic rings. The molecule has 6 aromatic rings. The Hall–Kier alpha value is -4.22. The zero-order chi connectivity index (χ0) is 23.6. The van der Waals surface area contributed by atoms with Crippen molar-refractivity contribution in [2.45, 2.75) is 0 Å². The molecule has 8 rings (SSSR count). The van der Waals surface area contributed by atoms with Gasteiger partial charge in [-0.05, 0) is 17.4 Å². The second kappa shape index (κ2) is 8.43. The predicted molar refractivity (Wildman–Crippen MR) is 141 cm³/mol. The first-order chi connectivity index (χ1) is 17.9. The van der Waals surface area contributed by atoms with E-state index in [2.05, 4.69) is 99.1 Å². The maximum atomic E-state index is 4.45. The van der Waals surface area contributed by atoms with E-state index >= 15 is 0 Å². The number of anilines is 2. The van der Waals surface area contributed by atoms with E-state index in [1.54, 1.807) is 17.1 Å². The number of rotatable bonds is 2. The van der Waals surface area contributed by atoms with Crippen molar-refractivity contribution in [1.82, 2.24) is 24.8 Å². The quantitative estimate of drug-likeness (QED) is 0.210. The van der Waals surface area contributed by atoms with Gasteiger partial charge < -0.3 is 4.81 Å². The summed E-state index contributed by atoms with van der Waals surface area (Å²) in [6.07, 6.45) is 7.26. The second-order valence-electron chi connectivity index (χ2n) is 8.96. The molecule has 0 saturated carbocycles. The summed E-state index contributed by atoms with van der Waals surface area (Å²) in [6, 6.07) is 35.1. The Morgan fingerprint density at radius 3 is 1.78 bits per heavy atom. The standard InChI is InChI=1S/C29H17BN6.Pt/c1-3-8-26-22(6-1)24-12-10-20(34-16-5-14-32-34)18-28(24)36-29-19-21(35-17-15-31-33-35)11-13-25(29)23-7-2-4-9-27(23)30(26)36;/h1-17H;/q-2;+2. The summed E-state index contributed by atoms with van der Waals surface area (Å²) < 4.78 is 3.60. The van der Waals surface area contributed by atoms with Crippen molar-refractivity contribution in [3.05, 3.63) is 116 Å². The van der Waals surface area contributed by atoms with E-state index in [1.807, 2.05) is 29.2 Å². The Kier molecular flexibility index (Phi) is 5.01. The van der Waals surface area contributed by atoms with Crippen LogP contribution in [0.2, 0.25) is 0 Å². The van der Waals surface area contributed by atoms with Gasteiger partial charge in [0.1, 0.15) is 0 Å². The Morgan fingerprint density at radius 1 is 0.595 bits per heavy atom. The summed E-state index contributed by atoms with van der Waals surface area (Å²) >= 11 is 0. The molecule has 2 aromatic heterocycles. The minimum Gasteiger partial charge on any atom is -0.418 e. The zero-order valence-electron chi connectivity index (χ0n) is 19.4. The smallest absolute Gasteiger partial charge is 0.418 e. The normalized spacial score (nSPS) is 12.5. The van der Waals surface area contributed by atoms with Crippen LogP contribution >= 0.6 is 0 Å². The van der Waals surface area contributed by atoms with Crippen molar-refractivity contribution < 1.29 is 21.1 Å². The summed E-state index contributed by atoms with van der Waals surface area (Å²) in [6.45, 7) is -0.0104. The summed E-state index contributed by atoms with van der Waals surface area (Å²) in [5.41, 5.74) is 11.0. The van der Waals surface area contributed by atoms with Gasteiger partial charge in [-0.3, -0.25) is 4.68 Å². The minimum absolute atomic E-state index is 0. The van der Waals surface area contributed by atoms with Crippen LogP contribution in [-0.2, 0) is 21.1 Å². The van der Waals surface area contributed by atoms with Crippen molar-refractivity contribution in [1.29, 1.82) is 0 Å². The third kappa shape index (κ3) is 3.21. The number of nitrogens with zero attached hydrogens (tertiary/aromatic N) is 6. The third-order valence-corrected chi connectivity index (χ3v) is 7.07. The van der Waals surface area contributed by atoms with Gasteiger partial charge >= 0.3 is 27.9 Å². The summed E-state index contributed by atoms with van der Waals surface area (Å²) in [4.78, 5) is 2.38. The molecule has 0 saturated heterocycles. The van der Waals surface area contributed by atoms with Gasteiger partial charge in [0.15, 0.2) is 0 Å². The zero-order valence-corrected chi connectivity index (χ0v) is 21.7. The van der Waals surface area contributed by atoms with E-state index in [-0.39, 0.29) is 27.9 Å². The third-order valence-electron chi connectivity index (χ3n) is 7.07. The van der Waals surface area contributed by atoms with Gasteiger partial charge in [0.05, 0.1) is 6.20 Å². The molecular weight excluding hydrogens is 638 g/mol. The van der Waals surface area contributed by atoms with Gasteiger partial charge in [-0.25, -0.2) is 4.68 Å². The topological polar surface area (TPSA) is 51.8 Å². The Bertz CT molecular complexity index is 1630. The van der Waals surface area contributed by atoms with Gasteiger partial charge in [0.25, 0.3) is 0 Å². The SMILES string of the molecule is [Pt+2].[c-]1c(-n2cccn2)ccc2c1N1B(c3ccccc3-2)c2ccccc2-c2ccc(-n3ccnn3)[c-]c21. The first kappa shape index (κ1) is 22.0.